The van der Waals surface area contributed by atoms with Crippen LogP contribution in [0.4, 0.5) is 26.3 Å². The standard InChI is InChI=1S/C15H16F6N2O2/c1-8(14(16,17)18)25-11-5-9(3-4-22-11)7-23-12(24)10-6-13(10,2)15(19,20)21/h3-5,8,10H,6-7H2,1-2H3,(H,23,24)/t8-,10?,13?/m1/s1. The van der Waals surface area contributed by atoms with Gasteiger partial charge >= 0.3 is 12.4 Å². The average Bonchev–Trinajstić information content (AvgIpc) is 3.18. The first-order valence-corrected chi connectivity index (χ1v) is 7.37. The van der Waals surface area contributed by atoms with Crippen LogP contribution in [0.2, 0.25) is 0 Å². The predicted octanol–water partition coefficient (Wildman–Crippen LogP) is 3.62. The number of nitrogens with one attached hydrogen (secondary N) is 1. The maximum absolute atomic E-state index is 12.8. The van der Waals surface area contributed by atoms with Crippen molar-refractivity contribution in [3.63, 3.8) is 0 Å². The molecule has 1 amide bonds. The van der Waals surface area contributed by atoms with Crippen LogP contribution < -0.4 is 10.1 Å². The van der Waals surface area contributed by atoms with E-state index in [9.17, 15) is 31.1 Å². The summed E-state index contributed by atoms with van der Waals surface area (Å²) in [7, 11) is 0. The second-order valence-electron chi connectivity index (χ2n) is 6.19. The Morgan fingerprint density at radius 3 is 2.56 bits per heavy atom. The number of halogens is 6. The molecule has 1 N–H and O–H groups in total. The Labute approximate surface area is 139 Å². The van der Waals surface area contributed by atoms with Gasteiger partial charge in [-0.3, -0.25) is 4.79 Å². The second kappa shape index (κ2) is 6.38. The summed E-state index contributed by atoms with van der Waals surface area (Å²) in [5, 5.41) is 2.35. The van der Waals surface area contributed by atoms with Crippen LogP contribution in [0, 0.1) is 11.3 Å². The van der Waals surface area contributed by atoms with Crippen molar-refractivity contribution in [1.82, 2.24) is 10.3 Å². The summed E-state index contributed by atoms with van der Waals surface area (Å²) in [6.07, 6.45) is -10.2. The number of rotatable bonds is 5. The van der Waals surface area contributed by atoms with Crippen molar-refractivity contribution >= 4 is 5.91 Å². The fraction of sp³-hybridized carbons (Fsp3) is 0.600. The first kappa shape index (κ1) is 19.3. The van der Waals surface area contributed by atoms with E-state index in [1.807, 2.05) is 0 Å². The van der Waals surface area contributed by atoms with Gasteiger partial charge in [-0.1, -0.05) is 6.92 Å². The highest BCUT2D eigenvalue weighted by atomic mass is 19.4. The third-order valence-corrected chi connectivity index (χ3v) is 4.23. The van der Waals surface area contributed by atoms with Gasteiger partial charge in [0.2, 0.25) is 11.8 Å². The zero-order valence-corrected chi connectivity index (χ0v) is 13.3. The number of carbonyl (C=O) groups excluding carboxylic acids is 1. The van der Waals surface area contributed by atoms with Crippen molar-refractivity contribution in [3.05, 3.63) is 23.9 Å². The molecule has 0 saturated heterocycles. The zero-order valence-electron chi connectivity index (χ0n) is 13.3. The summed E-state index contributed by atoms with van der Waals surface area (Å²) >= 11 is 0. The van der Waals surface area contributed by atoms with E-state index in [2.05, 4.69) is 15.0 Å². The molecule has 1 aromatic rings. The van der Waals surface area contributed by atoms with E-state index in [1.165, 1.54) is 18.3 Å². The number of pyridine rings is 1. The van der Waals surface area contributed by atoms with Gasteiger partial charge in [-0.2, -0.15) is 26.3 Å². The Hall–Kier alpha value is -2.00. The fourth-order valence-electron chi connectivity index (χ4n) is 2.25. The van der Waals surface area contributed by atoms with Crippen LogP contribution in [0.15, 0.2) is 18.3 Å². The van der Waals surface area contributed by atoms with E-state index < -0.39 is 35.7 Å². The number of alkyl halides is 6. The Morgan fingerprint density at radius 2 is 2.04 bits per heavy atom. The molecule has 4 nitrogen and oxygen atoms in total. The highest BCUT2D eigenvalue weighted by Gasteiger charge is 2.69. The molecule has 0 aliphatic heterocycles. The van der Waals surface area contributed by atoms with Crippen LogP contribution in [-0.4, -0.2) is 29.3 Å². The molecule has 2 unspecified atom stereocenters. The maximum atomic E-state index is 12.8. The third-order valence-electron chi connectivity index (χ3n) is 4.23. The highest BCUT2D eigenvalue weighted by Crippen LogP contribution is 2.62. The number of nitrogens with zero attached hydrogens (tertiary/aromatic N) is 1. The van der Waals surface area contributed by atoms with Gasteiger partial charge in [-0.05, 0) is 25.0 Å². The second-order valence-corrected chi connectivity index (χ2v) is 6.19. The first-order chi connectivity index (χ1) is 11.3. The van der Waals surface area contributed by atoms with Gasteiger partial charge in [0, 0.05) is 18.8 Å². The van der Waals surface area contributed by atoms with Gasteiger partial charge in [0.1, 0.15) is 0 Å². The average molecular weight is 370 g/mol. The van der Waals surface area contributed by atoms with Crippen molar-refractivity contribution < 1.29 is 35.9 Å². The van der Waals surface area contributed by atoms with Gasteiger partial charge in [0.05, 0.1) is 11.3 Å². The molecule has 2 rings (SSSR count). The lowest BCUT2D eigenvalue weighted by atomic mass is 10.1. The van der Waals surface area contributed by atoms with Crippen molar-refractivity contribution in [2.24, 2.45) is 11.3 Å². The molecule has 1 saturated carbocycles. The highest BCUT2D eigenvalue weighted by molar-refractivity contribution is 5.82. The van der Waals surface area contributed by atoms with Crippen molar-refractivity contribution in [2.75, 3.05) is 0 Å². The van der Waals surface area contributed by atoms with Crippen molar-refractivity contribution in [3.8, 4) is 5.88 Å². The Bertz CT molecular complexity index is 646. The van der Waals surface area contributed by atoms with Crippen LogP contribution in [0.1, 0.15) is 25.8 Å². The number of ether oxygens (including phenoxy) is 1. The molecule has 10 heteroatoms. The molecule has 0 aromatic carbocycles. The molecule has 0 spiro atoms. The smallest absolute Gasteiger partial charge is 0.425 e. The Kier molecular flexibility index (Phi) is 4.93. The minimum absolute atomic E-state index is 0.136. The predicted molar refractivity (Wildman–Crippen MR) is 74.5 cm³/mol. The molecule has 0 radical (unpaired) electrons. The summed E-state index contributed by atoms with van der Waals surface area (Å²) in [6, 6.07) is 2.61. The maximum Gasteiger partial charge on any atom is 0.425 e. The van der Waals surface area contributed by atoms with E-state index >= 15 is 0 Å². The molecule has 1 aromatic heterocycles. The summed E-state index contributed by atoms with van der Waals surface area (Å²) in [6.45, 7) is 1.66. The molecular weight excluding hydrogens is 354 g/mol. The topological polar surface area (TPSA) is 51.2 Å². The molecule has 1 aliphatic carbocycles. The SMILES string of the molecule is C[C@@H](Oc1cc(CNC(=O)C2CC2(C)C(F)(F)F)ccn1)C(F)(F)F. The van der Waals surface area contributed by atoms with Crippen LogP contribution in [0.5, 0.6) is 5.88 Å². The van der Waals surface area contributed by atoms with Gasteiger partial charge in [-0.15, -0.1) is 0 Å². The number of amides is 1. The Balaban J connectivity index is 1.92. The van der Waals surface area contributed by atoms with Crippen molar-refractivity contribution in [2.45, 2.75) is 45.3 Å². The number of hydrogen-bond donors (Lipinski definition) is 1. The summed E-state index contributed by atoms with van der Waals surface area (Å²) in [5.41, 5.74) is -1.66. The lowest BCUT2D eigenvalue weighted by Crippen LogP contribution is -2.32. The molecular formula is C15H16F6N2O2. The Morgan fingerprint density at radius 1 is 1.40 bits per heavy atom. The normalized spacial score (nSPS) is 24.6. The number of aromatic nitrogens is 1. The summed E-state index contributed by atoms with van der Waals surface area (Å²) in [5.74, 6) is -2.19. The lowest BCUT2D eigenvalue weighted by molar-refractivity contribution is -0.190. The van der Waals surface area contributed by atoms with Gasteiger partial charge < -0.3 is 10.1 Å². The molecule has 25 heavy (non-hydrogen) atoms. The lowest BCUT2D eigenvalue weighted by Gasteiger charge is -2.17. The summed E-state index contributed by atoms with van der Waals surface area (Å²) in [4.78, 5) is 15.5. The van der Waals surface area contributed by atoms with E-state index in [0.29, 0.717) is 5.56 Å². The molecule has 0 bridgehead atoms. The van der Waals surface area contributed by atoms with Crippen LogP contribution in [-0.2, 0) is 11.3 Å². The van der Waals surface area contributed by atoms with Gasteiger partial charge in [-0.25, -0.2) is 4.98 Å². The molecule has 140 valence electrons. The monoisotopic (exact) mass is 370 g/mol. The van der Waals surface area contributed by atoms with Crippen LogP contribution in [0.3, 0.4) is 0 Å². The third kappa shape index (κ3) is 4.35. The minimum atomic E-state index is -4.56. The number of carbonyl (C=O) groups is 1. The van der Waals surface area contributed by atoms with Crippen LogP contribution >= 0.6 is 0 Å². The number of hydrogen-bond acceptors (Lipinski definition) is 3. The largest absolute Gasteiger partial charge is 0.465 e. The molecule has 1 fully saturated rings. The van der Waals surface area contributed by atoms with Gasteiger partial charge in [0.15, 0.2) is 6.10 Å². The summed E-state index contributed by atoms with van der Waals surface area (Å²) < 4.78 is 80.3. The quantitative estimate of drug-likeness (QED) is 0.806. The minimum Gasteiger partial charge on any atom is -0.465 e. The molecule has 3 atom stereocenters. The van der Waals surface area contributed by atoms with Gasteiger partial charge in [0.25, 0.3) is 0 Å². The fourth-order valence-corrected chi connectivity index (χ4v) is 2.25. The molecule has 1 aliphatic rings. The van der Waals surface area contributed by atoms with Crippen molar-refractivity contribution in [1.29, 1.82) is 0 Å². The van der Waals surface area contributed by atoms with E-state index in [1.54, 1.807) is 0 Å². The van der Waals surface area contributed by atoms with E-state index in [-0.39, 0.29) is 18.8 Å². The first-order valence-electron chi connectivity index (χ1n) is 7.37. The van der Waals surface area contributed by atoms with E-state index in [4.69, 9.17) is 0 Å². The van der Waals surface area contributed by atoms with E-state index in [0.717, 1.165) is 13.8 Å². The zero-order chi connectivity index (χ0) is 19.0. The molecule has 1 heterocycles. The van der Waals surface area contributed by atoms with Crippen LogP contribution in [0.25, 0.3) is 0 Å².